The first kappa shape index (κ1) is 10.5. The molecule has 1 nitrogen and oxygen atoms in total. The van der Waals surface area contributed by atoms with Gasteiger partial charge in [0, 0.05) is 17.8 Å². The van der Waals surface area contributed by atoms with E-state index in [1.807, 2.05) is 0 Å². The maximum absolute atomic E-state index is 3.88. The first-order chi connectivity index (χ1) is 7.33. The minimum absolute atomic E-state index is 0.781. The molecular formula is C13H23NS. The molecular weight excluding hydrogens is 202 g/mol. The van der Waals surface area contributed by atoms with Crippen molar-refractivity contribution in [2.24, 2.45) is 17.8 Å². The second-order valence-corrected chi connectivity index (χ2v) is 7.00. The second-order valence-electron chi connectivity index (χ2n) is 5.85. The van der Waals surface area contributed by atoms with Crippen LogP contribution in [0.5, 0.6) is 0 Å². The van der Waals surface area contributed by atoms with Crippen molar-refractivity contribution in [3.63, 3.8) is 0 Å². The Kier molecular flexibility index (Phi) is 2.99. The number of fused-ring (bicyclic) bond motifs is 2. The fourth-order valence-electron chi connectivity index (χ4n) is 4.07. The van der Waals surface area contributed by atoms with E-state index in [2.05, 4.69) is 24.0 Å². The Labute approximate surface area is 97.8 Å². The molecule has 1 saturated heterocycles. The minimum Gasteiger partial charge on any atom is -0.310 e. The molecule has 0 aromatic rings. The van der Waals surface area contributed by atoms with Crippen molar-refractivity contribution >= 4 is 11.8 Å². The van der Waals surface area contributed by atoms with E-state index in [0.717, 1.165) is 29.8 Å². The molecule has 86 valence electrons. The van der Waals surface area contributed by atoms with Gasteiger partial charge in [-0.15, -0.1) is 0 Å². The largest absolute Gasteiger partial charge is 0.310 e. The molecule has 5 unspecified atom stereocenters. The molecule has 1 N–H and O–H groups in total. The fourth-order valence-corrected chi connectivity index (χ4v) is 5.23. The molecule has 5 atom stereocenters. The summed E-state index contributed by atoms with van der Waals surface area (Å²) in [5.74, 6) is 5.91. The second kappa shape index (κ2) is 4.29. The molecule has 0 spiro atoms. The van der Waals surface area contributed by atoms with Crippen LogP contribution in [0.3, 0.4) is 0 Å². The standard InChI is InChI=1S/C13H23NS/c1-9(14-12-4-5-15-8-12)13-7-10-2-3-11(13)6-10/h9-14H,2-8H2,1H3. The molecule has 3 rings (SSSR count). The Bertz CT molecular complexity index is 225. The third-order valence-electron chi connectivity index (χ3n) is 4.86. The summed E-state index contributed by atoms with van der Waals surface area (Å²) in [6.07, 6.45) is 7.54. The van der Waals surface area contributed by atoms with Crippen LogP contribution in [-0.4, -0.2) is 23.6 Å². The third kappa shape index (κ3) is 2.08. The van der Waals surface area contributed by atoms with Crippen LogP contribution in [0.2, 0.25) is 0 Å². The number of nitrogens with one attached hydrogen (secondary N) is 1. The van der Waals surface area contributed by atoms with E-state index in [9.17, 15) is 0 Å². The van der Waals surface area contributed by atoms with Crippen molar-refractivity contribution in [2.75, 3.05) is 11.5 Å². The summed E-state index contributed by atoms with van der Waals surface area (Å²) in [6, 6.07) is 1.60. The molecule has 1 heterocycles. The van der Waals surface area contributed by atoms with Gasteiger partial charge < -0.3 is 5.32 Å². The molecule has 2 bridgehead atoms. The van der Waals surface area contributed by atoms with Gasteiger partial charge in [-0.3, -0.25) is 0 Å². The summed E-state index contributed by atoms with van der Waals surface area (Å²) in [5, 5.41) is 3.88. The zero-order valence-electron chi connectivity index (χ0n) is 9.74. The summed E-state index contributed by atoms with van der Waals surface area (Å²) < 4.78 is 0. The zero-order chi connectivity index (χ0) is 10.3. The topological polar surface area (TPSA) is 12.0 Å². The van der Waals surface area contributed by atoms with E-state index >= 15 is 0 Å². The highest BCUT2D eigenvalue weighted by Crippen LogP contribution is 2.49. The smallest absolute Gasteiger partial charge is 0.0168 e. The van der Waals surface area contributed by atoms with Crippen LogP contribution in [0.25, 0.3) is 0 Å². The van der Waals surface area contributed by atoms with Gasteiger partial charge in [0.05, 0.1) is 0 Å². The third-order valence-corrected chi connectivity index (χ3v) is 6.03. The highest BCUT2D eigenvalue weighted by Gasteiger charge is 2.42. The summed E-state index contributed by atoms with van der Waals surface area (Å²) in [6.45, 7) is 2.44. The van der Waals surface area contributed by atoms with Crippen LogP contribution < -0.4 is 5.32 Å². The monoisotopic (exact) mass is 225 g/mol. The summed E-state index contributed by atoms with van der Waals surface area (Å²) in [7, 11) is 0. The van der Waals surface area contributed by atoms with Gasteiger partial charge in [-0.05, 0) is 56.1 Å². The van der Waals surface area contributed by atoms with Crippen LogP contribution in [0.1, 0.15) is 39.0 Å². The lowest BCUT2D eigenvalue weighted by molar-refractivity contribution is 0.249. The van der Waals surface area contributed by atoms with Gasteiger partial charge in [-0.25, -0.2) is 0 Å². The van der Waals surface area contributed by atoms with Crippen LogP contribution in [0.15, 0.2) is 0 Å². The minimum atomic E-state index is 0.781. The molecule has 2 saturated carbocycles. The molecule has 3 aliphatic rings. The molecule has 3 fully saturated rings. The van der Waals surface area contributed by atoms with E-state index < -0.39 is 0 Å². The van der Waals surface area contributed by atoms with Gasteiger partial charge in [-0.2, -0.15) is 11.8 Å². The van der Waals surface area contributed by atoms with Crippen molar-refractivity contribution in [1.29, 1.82) is 0 Å². The highest BCUT2D eigenvalue weighted by molar-refractivity contribution is 7.99. The summed E-state index contributed by atoms with van der Waals surface area (Å²) in [4.78, 5) is 0. The molecule has 0 amide bonds. The Morgan fingerprint density at radius 1 is 1.20 bits per heavy atom. The number of thioether (sulfide) groups is 1. The number of hydrogen-bond acceptors (Lipinski definition) is 2. The maximum atomic E-state index is 3.88. The molecule has 2 aliphatic carbocycles. The van der Waals surface area contributed by atoms with E-state index in [0.29, 0.717) is 0 Å². The SMILES string of the molecule is CC(NC1CCSC1)C1CC2CCC1C2. The summed E-state index contributed by atoms with van der Waals surface area (Å²) in [5.41, 5.74) is 0. The molecule has 0 radical (unpaired) electrons. The molecule has 0 aromatic heterocycles. The summed E-state index contributed by atoms with van der Waals surface area (Å²) >= 11 is 2.12. The van der Waals surface area contributed by atoms with Gasteiger partial charge in [0.25, 0.3) is 0 Å². The lowest BCUT2D eigenvalue weighted by Crippen LogP contribution is -2.42. The van der Waals surface area contributed by atoms with Gasteiger partial charge in [0.1, 0.15) is 0 Å². The maximum Gasteiger partial charge on any atom is 0.0168 e. The number of hydrogen-bond donors (Lipinski definition) is 1. The average Bonchev–Trinajstić information content (AvgIpc) is 2.93. The lowest BCUT2D eigenvalue weighted by atomic mass is 9.83. The van der Waals surface area contributed by atoms with Gasteiger partial charge in [-0.1, -0.05) is 6.42 Å². The van der Waals surface area contributed by atoms with Crippen molar-refractivity contribution < 1.29 is 0 Å². The van der Waals surface area contributed by atoms with Crippen LogP contribution >= 0.6 is 11.8 Å². The van der Waals surface area contributed by atoms with Crippen LogP contribution in [0.4, 0.5) is 0 Å². The Morgan fingerprint density at radius 3 is 2.73 bits per heavy atom. The van der Waals surface area contributed by atoms with Gasteiger partial charge >= 0.3 is 0 Å². The van der Waals surface area contributed by atoms with Crippen LogP contribution in [0, 0.1) is 17.8 Å². The highest BCUT2D eigenvalue weighted by atomic mass is 32.2. The van der Waals surface area contributed by atoms with Gasteiger partial charge in [0.15, 0.2) is 0 Å². The molecule has 15 heavy (non-hydrogen) atoms. The Balaban J connectivity index is 1.53. The van der Waals surface area contributed by atoms with Crippen molar-refractivity contribution in [1.82, 2.24) is 5.32 Å². The Hall–Kier alpha value is 0.310. The van der Waals surface area contributed by atoms with Gasteiger partial charge in [0.2, 0.25) is 0 Å². The van der Waals surface area contributed by atoms with E-state index in [1.54, 1.807) is 6.42 Å². The lowest BCUT2D eigenvalue weighted by Gasteiger charge is -2.30. The van der Waals surface area contributed by atoms with Crippen molar-refractivity contribution in [3.8, 4) is 0 Å². The fraction of sp³-hybridized carbons (Fsp3) is 1.00. The predicted octanol–water partition coefficient (Wildman–Crippen LogP) is 2.91. The predicted molar refractivity (Wildman–Crippen MR) is 67.3 cm³/mol. The van der Waals surface area contributed by atoms with Crippen LogP contribution in [-0.2, 0) is 0 Å². The number of rotatable bonds is 3. The first-order valence-corrected chi connectivity index (χ1v) is 7.82. The molecule has 0 aromatic carbocycles. The van der Waals surface area contributed by atoms with E-state index in [4.69, 9.17) is 0 Å². The Morgan fingerprint density at radius 2 is 2.13 bits per heavy atom. The van der Waals surface area contributed by atoms with E-state index in [-0.39, 0.29) is 0 Å². The normalized spacial score (nSPS) is 46.2. The molecule has 2 heteroatoms. The zero-order valence-corrected chi connectivity index (χ0v) is 10.6. The van der Waals surface area contributed by atoms with E-state index in [1.165, 1.54) is 37.2 Å². The van der Waals surface area contributed by atoms with Crippen molar-refractivity contribution in [2.45, 2.75) is 51.1 Å². The first-order valence-electron chi connectivity index (χ1n) is 6.66. The molecule has 1 aliphatic heterocycles. The van der Waals surface area contributed by atoms with Crippen molar-refractivity contribution in [3.05, 3.63) is 0 Å². The quantitative estimate of drug-likeness (QED) is 0.792. The average molecular weight is 225 g/mol.